The monoisotopic (exact) mass is 341 g/mol. The molecule has 1 aromatic heterocycles. The summed E-state index contributed by atoms with van der Waals surface area (Å²) in [6.07, 6.45) is 0. The lowest BCUT2D eigenvalue weighted by Crippen LogP contribution is -2.24. The van der Waals surface area contributed by atoms with E-state index in [-0.39, 0.29) is 11.7 Å². The minimum atomic E-state index is -0.275. The van der Waals surface area contributed by atoms with Crippen LogP contribution in [0.1, 0.15) is 26.3 Å². The first-order valence-electron chi connectivity index (χ1n) is 6.11. The number of hydrogen-bond acceptors (Lipinski definition) is 4. The molecule has 3 rings (SSSR count). The van der Waals surface area contributed by atoms with Gasteiger partial charge in [-0.05, 0) is 24.3 Å². The van der Waals surface area contributed by atoms with Gasteiger partial charge in [-0.3, -0.25) is 9.59 Å². The molecule has 0 bridgehead atoms. The van der Waals surface area contributed by atoms with Crippen LogP contribution in [0, 0.1) is 0 Å². The average molecular weight is 342 g/mol. The zero-order valence-electron chi connectivity index (χ0n) is 10.6. The van der Waals surface area contributed by atoms with Gasteiger partial charge < -0.3 is 10.1 Å². The SMILES string of the molecule is O=C1NCCOc2ccc(C(=O)c3cc(Cl)sc3Cl)cc21. The highest BCUT2D eigenvalue weighted by Gasteiger charge is 2.21. The molecule has 1 aromatic carbocycles. The van der Waals surface area contributed by atoms with Gasteiger partial charge in [-0.2, -0.15) is 0 Å². The first kappa shape index (κ1) is 14.4. The molecule has 0 fully saturated rings. The summed E-state index contributed by atoms with van der Waals surface area (Å²) in [4.78, 5) is 24.4. The van der Waals surface area contributed by atoms with E-state index in [0.29, 0.717) is 44.3 Å². The quantitative estimate of drug-likeness (QED) is 0.851. The highest BCUT2D eigenvalue weighted by atomic mass is 35.5. The van der Waals surface area contributed by atoms with Gasteiger partial charge in [0, 0.05) is 5.56 Å². The van der Waals surface area contributed by atoms with Gasteiger partial charge in [0.2, 0.25) is 0 Å². The lowest BCUT2D eigenvalue weighted by molar-refractivity contribution is 0.0957. The van der Waals surface area contributed by atoms with E-state index in [9.17, 15) is 9.59 Å². The van der Waals surface area contributed by atoms with Crippen LogP contribution in [0.25, 0.3) is 0 Å². The van der Waals surface area contributed by atoms with Crippen molar-refractivity contribution in [3.05, 3.63) is 49.6 Å². The van der Waals surface area contributed by atoms with Crippen LogP contribution in [0.4, 0.5) is 0 Å². The van der Waals surface area contributed by atoms with E-state index in [0.717, 1.165) is 11.3 Å². The van der Waals surface area contributed by atoms with Crippen LogP contribution in [0.2, 0.25) is 8.67 Å². The fourth-order valence-corrected chi connectivity index (χ4v) is 3.50. The maximum absolute atomic E-state index is 12.4. The minimum absolute atomic E-state index is 0.258. The van der Waals surface area contributed by atoms with E-state index in [4.69, 9.17) is 27.9 Å². The third-order valence-electron chi connectivity index (χ3n) is 3.03. The molecule has 1 aliphatic rings. The van der Waals surface area contributed by atoms with Gasteiger partial charge >= 0.3 is 0 Å². The molecule has 0 atom stereocenters. The third kappa shape index (κ3) is 2.77. The maximum atomic E-state index is 12.4. The molecule has 0 radical (unpaired) electrons. The number of benzene rings is 1. The summed E-state index contributed by atoms with van der Waals surface area (Å²) in [6, 6.07) is 6.27. The second-order valence-electron chi connectivity index (χ2n) is 4.38. The zero-order chi connectivity index (χ0) is 15.0. The number of rotatable bonds is 2. The summed E-state index contributed by atoms with van der Waals surface area (Å²) in [6.45, 7) is 0.834. The summed E-state index contributed by atoms with van der Waals surface area (Å²) in [7, 11) is 0. The van der Waals surface area contributed by atoms with Crippen molar-refractivity contribution in [3.63, 3.8) is 0 Å². The van der Waals surface area contributed by atoms with Gasteiger partial charge in [-0.15, -0.1) is 11.3 Å². The van der Waals surface area contributed by atoms with E-state index in [1.807, 2.05) is 0 Å². The van der Waals surface area contributed by atoms with Crippen molar-refractivity contribution in [1.82, 2.24) is 5.32 Å². The van der Waals surface area contributed by atoms with Crippen LogP contribution in [0.5, 0.6) is 5.75 Å². The van der Waals surface area contributed by atoms with Crippen LogP contribution in [-0.4, -0.2) is 24.8 Å². The first-order valence-corrected chi connectivity index (χ1v) is 7.68. The molecule has 1 aliphatic heterocycles. The van der Waals surface area contributed by atoms with Gasteiger partial charge in [0.05, 0.1) is 22.0 Å². The Morgan fingerprint density at radius 3 is 2.81 bits per heavy atom. The Balaban J connectivity index is 2.02. The Morgan fingerprint density at radius 2 is 2.10 bits per heavy atom. The van der Waals surface area contributed by atoms with Crippen molar-refractivity contribution in [3.8, 4) is 5.75 Å². The second kappa shape index (κ2) is 5.67. The van der Waals surface area contributed by atoms with Crippen molar-refractivity contribution >= 4 is 46.2 Å². The van der Waals surface area contributed by atoms with Crippen LogP contribution >= 0.6 is 34.5 Å². The summed E-state index contributed by atoms with van der Waals surface area (Å²) in [5.74, 6) is -0.0643. The number of ketones is 1. The van der Waals surface area contributed by atoms with E-state index in [2.05, 4.69) is 5.32 Å². The number of fused-ring (bicyclic) bond motifs is 1. The number of carbonyl (C=O) groups excluding carboxylic acids is 2. The molecule has 0 saturated carbocycles. The fourth-order valence-electron chi connectivity index (χ4n) is 2.05. The smallest absolute Gasteiger partial charge is 0.255 e. The standard InChI is InChI=1S/C14H9Cl2NO3S/c15-11-6-9(13(16)21-11)12(18)7-1-2-10-8(5-7)14(19)17-3-4-20-10/h1-2,5-6H,3-4H2,(H,17,19). The molecule has 1 amide bonds. The van der Waals surface area contributed by atoms with Crippen LogP contribution in [-0.2, 0) is 0 Å². The molecule has 1 N–H and O–H groups in total. The number of thiophene rings is 1. The third-order valence-corrected chi connectivity index (χ3v) is 4.52. The molecule has 0 unspecified atom stereocenters. The average Bonchev–Trinajstić information content (AvgIpc) is 2.69. The van der Waals surface area contributed by atoms with Gasteiger partial charge in [-0.25, -0.2) is 0 Å². The highest BCUT2D eigenvalue weighted by Crippen LogP contribution is 2.33. The number of nitrogens with one attached hydrogen (secondary N) is 1. The molecule has 108 valence electrons. The molecular formula is C14H9Cl2NO3S. The molecule has 2 aromatic rings. The van der Waals surface area contributed by atoms with Crippen molar-refractivity contribution in [2.75, 3.05) is 13.2 Å². The second-order valence-corrected chi connectivity index (χ2v) is 6.67. The number of carbonyl (C=O) groups is 2. The van der Waals surface area contributed by atoms with E-state index in [1.54, 1.807) is 12.1 Å². The molecule has 4 nitrogen and oxygen atoms in total. The lowest BCUT2D eigenvalue weighted by Gasteiger charge is -2.07. The Bertz CT molecular complexity index is 742. The first-order chi connectivity index (χ1) is 10.1. The van der Waals surface area contributed by atoms with Crippen molar-refractivity contribution in [2.24, 2.45) is 0 Å². The van der Waals surface area contributed by atoms with E-state index >= 15 is 0 Å². The molecule has 2 heterocycles. The highest BCUT2D eigenvalue weighted by molar-refractivity contribution is 7.20. The predicted octanol–water partition coefficient (Wildman–Crippen LogP) is 3.41. The minimum Gasteiger partial charge on any atom is -0.491 e. The number of halogens is 2. The van der Waals surface area contributed by atoms with Gasteiger partial charge in [0.15, 0.2) is 5.78 Å². The molecule has 21 heavy (non-hydrogen) atoms. The van der Waals surface area contributed by atoms with Gasteiger partial charge in [0.1, 0.15) is 16.7 Å². The lowest BCUT2D eigenvalue weighted by atomic mass is 10.0. The fraction of sp³-hybridized carbons (Fsp3) is 0.143. The Kier molecular flexibility index (Phi) is 3.89. The molecule has 0 aliphatic carbocycles. The number of hydrogen-bond donors (Lipinski definition) is 1. The largest absolute Gasteiger partial charge is 0.491 e. The van der Waals surface area contributed by atoms with Gasteiger partial charge in [0.25, 0.3) is 5.91 Å². The zero-order valence-corrected chi connectivity index (χ0v) is 12.9. The normalized spacial score (nSPS) is 13.9. The van der Waals surface area contributed by atoms with Crippen LogP contribution in [0.15, 0.2) is 24.3 Å². The summed E-state index contributed by atoms with van der Waals surface area (Å²) < 4.78 is 6.23. The van der Waals surface area contributed by atoms with Crippen LogP contribution < -0.4 is 10.1 Å². The van der Waals surface area contributed by atoms with Crippen molar-refractivity contribution < 1.29 is 14.3 Å². The Morgan fingerprint density at radius 1 is 1.29 bits per heavy atom. The van der Waals surface area contributed by atoms with Crippen molar-refractivity contribution in [1.29, 1.82) is 0 Å². The molecule has 0 spiro atoms. The predicted molar refractivity (Wildman–Crippen MR) is 82.0 cm³/mol. The summed E-state index contributed by atoms with van der Waals surface area (Å²) in [5, 5.41) is 2.70. The van der Waals surface area contributed by atoms with E-state index < -0.39 is 0 Å². The molecule has 7 heteroatoms. The molecule has 0 saturated heterocycles. The van der Waals surface area contributed by atoms with Crippen molar-refractivity contribution in [2.45, 2.75) is 0 Å². The summed E-state index contributed by atoms with van der Waals surface area (Å²) >= 11 is 13.0. The van der Waals surface area contributed by atoms with Crippen LogP contribution in [0.3, 0.4) is 0 Å². The summed E-state index contributed by atoms with van der Waals surface area (Å²) in [5.41, 5.74) is 1.04. The Hall–Kier alpha value is -1.56. The molecular weight excluding hydrogens is 333 g/mol. The van der Waals surface area contributed by atoms with Gasteiger partial charge in [-0.1, -0.05) is 23.2 Å². The number of ether oxygens (including phenoxy) is 1. The Labute approximate surface area is 134 Å². The topological polar surface area (TPSA) is 55.4 Å². The maximum Gasteiger partial charge on any atom is 0.255 e. The van der Waals surface area contributed by atoms with E-state index in [1.165, 1.54) is 12.1 Å². The number of amides is 1.